The van der Waals surface area contributed by atoms with Gasteiger partial charge in [0.2, 0.25) is 0 Å². The second-order valence-corrected chi connectivity index (χ2v) is 4.97. The van der Waals surface area contributed by atoms with Crippen LogP contribution in [0.1, 0.15) is 25.8 Å². The lowest BCUT2D eigenvalue weighted by atomic mass is 10.2. The first kappa shape index (κ1) is 18.0. The summed E-state index contributed by atoms with van der Waals surface area (Å²) >= 11 is 5.90. The maximum absolute atomic E-state index is 11.6. The Morgan fingerprint density at radius 3 is 2.73 bits per heavy atom. The lowest BCUT2D eigenvalue weighted by Gasteiger charge is -2.07. The molecular weight excluding hydrogens is 308 g/mol. The van der Waals surface area contributed by atoms with E-state index in [2.05, 4.69) is 10.5 Å². The van der Waals surface area contributed by atoms with Crippen molar-refractivity contribution in [3.05, 3.63) is 28.8 Å². The predicted octanol–water partition coefficient (Wildman–Crippen LogP) is 2.47. The van der Waals surface area contributed by atoms with Gasteiger partial charge in [0, 0.05) is 10.7 Å². The molecule has 1 N–H and O–H groups in total. The number of nitrogens with zero attached hydrogens (tertiary/aromatic N) is 1. The molecule has 0 unspecified atom stereocenters. The molecule has 7 heteroatoms. The van der Waals surface area contributed by atoms with Gasteiger partial charge >= 0.3 is 5.97 Å². The van der Waals surface area contributed by atoms with E-state index in [9.17, 15) is 9.59 Å². The van der Waals surface area contributed by atoms with Crippen LogP contribution in [0.3, 0.4) is 0 Å². The van der Waals surface area contributed by atoms with E-state index in [1.54, 1.807) is 32.0 Å². The summed E-state index contributed by atoms with van der Waals surface area (Å²) in [7, 11) is 0. The minimum atomic E-state index is -0.421. The minimum Gasteiger partial charge on any atom is -0.484 e. The summed E-state index contributed by atoms with van der Waals surface area (Å²) in [4.78, 5) is 22.8. The molecule has 120 valence electrons. The standard InChI is InChI=1S/C15H19ClN2O4/c1-4-21-15(20)8-11(3)17-18-14(19)9-22-12-5-6-13(16)10(2)7-12/h5-7H,4,8-9H2,1-3H3,(H,18,19). The number of hydrogen-bond acceptors (Lipinski definition) is 5. The summed E-state index contributed by atoms with van der Waals surface area (Å²) in [5.41, 5.74) is 3.63. The van der Waals surface area contributed by atoms with Crippen molar-refractivity contribution in [2.45, 2.75) is 27.2 Å². The van der Waals surface area contributed by atoms with Crippen LogP contribution in [0.25, 0.3) is 0 Å². The Morgan fingerprint density at radius 2 is 2.09 bits per heavy atom. The summed E-state index contributed by atoms with van der Waals surface area (Å²) in [5, 5.41) is 4.44. The molecule has 22 heavy (non-hydrogen) atoms. The minimum absolute atomic E-state index is 0.0331. The lowest BCUT2D eigenvalue weighted by Crippen LogP contribution is -2.26. The van der Waals surface area contributed by atoms with Crippen LogP contribution in [0.15, 0.2) is 23.3 Å². The highest BCUT2D eigenvalue weighted by Gasteiger charge is 2.06. The fraction of sp³-hybridized carbons (Fsp3) is 0.400. The Balaban J connectivity index is 2.39. The van der Waals surface area contributed by atoms with E-state index < -0.39 is 5.91 Å². The Hall–Kier alpha value is -2.08. The first-order chi connectivity index (χ1) is 10.4. The zero-order valence-corrected chi connectivity index (χ0v) is 13.6. The quantitative estimate of drug-likeness (QED) is 0.474. The van der Waals surface area contributed by atoms with Crippen molar-refractivity contribution in [2.75, 3.05) is 13.2 Å². The van der Waals surface area contributed by atoms with Crippen molar-refractivity contribution < 1.29 is 19.1 Å². The van der Waals surface area contributed by atoms with Gasteiger partial charge in [0.15, 0.2) is 6.61 Å². The Kier molecular flexibility index (Phi) is 7.39. The van der Waals surface area contributed by atoms with Crippen LogP contribution >= 0.6 is 11.6 Å². The number of esters is 1. The largest absolute Gasteiger partial charge is 0.484 e. The van der Waals surface area contributed by atoms with E-state index in [0.717, 1.165) is 5.56 Å². The molecule has 0 aromatic heterocycles. The number of ether oxygens (including phenoxy) is 2. The monoisotopic (exact) mass is 326 g/mol. The molecule has 1 aromatic rings. The molecule has 0 aliphatic rings. The summed E-state index contributed by atoms with van der Waals surface area (Å²) in [6.07, 6.45) is 0.0331. The van der Waals surface area contributed by atoms with Gasteiger partial charge in [0.1, 0.15) is 5.75 Å². The third-order valence-corrected chi connectivity index (χ3v) is 3.00. The second kappa shape index (κ2) is 9.04. The van der Waals surface area contributed by atoms with Crippen molar-refractivity contribution in [3.8, 4) is 5.75 Å². The van der Waals surface area contributed by atoms with Gasteiger partial charge in [-0.3, -0.25) is 9.59 Å². The van der Waals surface area contributed by atoms with Crippen LogP contribution in [0, 0.1) is 6.92 Å². The van der Waals surface area contributed by atoms with E-state index >= 15 is 0 Å². The summed E-state index contributed by atoms with van der Waals surface area (Å²) in [5.74, 6) is -0.258. The van der Waals surface area contributed by atoms with E-state index in [1.165, 1.54) is 0 Å². The highest BCUT2D eigenvalue weighted by Crippen LogP contribution is 2.20. The first-order valence-corrected chi connectivity index (χ1v) is 7.16. The van der Waals surface area contributed by atoms with Crippen LogP contribution < -0.4 is 10.2 Å². The number of halogens is 1. The normalized spacial score (nSPS) is 11.0. The zero-order valence-electron chi connectivity index (χ0n) is 12.8. The number of hydrogen-bond donors (Lipinski definition) is 1. The molecular formula is C15H19ClN2O4. The molecule has 0 aliphatic carbocycles. The number of aryl methyl sites for hydroxylation is 1. The molecule has 0 atom stereocenters. The summed E-state index contributed by atoms with van der Waals surface area (Å²) < 4.78 is 10.1. The van der Waals surface area contributed by atoms with Gasteiger partial charge in [0.25, 0.3) is 5.91 Å². The number of carbonyl (C=O) groups excluding carboxylic acids is 2. The molecule has 0 aliphatic heterocycles. The molecule has 0 fully saturated rings. The highest BCUT2D eigenvalue weighted by atomic mass is 35.5. The van der Waals surface area contributed by atoms with Crippen LogP contribution in [-0.4, -0.2) is 30.8 Å². The van der Waals surface area contributed by atoms with Gasteiger partial charge in [-0.25, -0.2) is 5.43 Å². The van der Waals surface area contributed by atoms with Crippen molar-refractivity contribution in [1.82, 2.24) is 5.43 Å². The average Bonchev–Trinajstić information content (AvgIpc) is 2.46. The molecule has 0 saturated heterocycles. The first-order valence-electron chi connectivity index (χ1n) is 6.79. The smallest absolute Gasteiger partial charge is 0.311 e. The molecule has 1 rings (SSSR count). The molecule has 0 spiro atoms. The van der Waals surface area contributed by atoms with Crippen molar-refractivity contribution in [2.24, 2.45) is 5.10 Å². The van der Waals surface area contributed by atoms with Crippen LogP contribution in [0.5, 0.6) is 5.75 Å². The van der Waals surface area contributed by atoms with Crippen LogP contribution in [0.2, 0.25) is 5.02 Å². The van der Waals surface area contributed by atoms with Gasteiger partial charge < -0.3 is 9.47 Å². The topological polar surface area (TPSA) is 77.0 Å². The summed E-state index contributed by atoms with van der Waals surface area (Å²) in [6, 6.07) is 5.12. The number of carbonyl (C=O) groups is 2. The molecule has 0 heterocycles. The highest BCUT2D eigenvalue weighted by molar-refractivity contribution is 6.31. The zero-order chi connectivity index (χ0) is 16.5. The number of amides is 1. The maximum Gasteiger partial charge on any atom is 0.311 e. The van der Waals surface area contributed by atoms with Crippen molar-refractivity contribution in [1.29, 1.82) is 0 Å². The molecule has 0 radical (unpaired) electrons. The van der Waals surface area contributed by atoms with E-state index in [4.69, 9.17) is 21.1 Å². The average molecular weight is 327 g/mol. The van der Waals surface area contributed by atoms with E-state index in [1.807, 2.05) is 6.92 Å². The SMILES string of the molecule is CCOC(=O)CC(C)=NNC(=O)COc1ccc(Cl)c(C)c1. The Labute approximate surface area is 134 Å². The fourth-order valence-electron chi connectivity index (χ4n) is 1.51. The second-order valence-electron chi connectivity index (χ2n) is 4.56. The fourth-order valence-corrected chi connectivity index (χ4v) is 1.62. The molecule has 6 nitrogen and oxygen atoms in total. The Morgan fingerprint density at radius 1 is 1.36 bits per heavy atom. The van der Waals surface area contributed by atoms with Crippen LogP contribution in [0.4, 0.5) is 0 Å². The molecule has 0 bridgehead atoms. The number of benzene rings is 1. The molecule has 0 saturated carbocycles. The van der Waals surface area contributed by atoms with Gasteiger partial charge in [-0.1, -0.05) is 11.6 Å². The van der Waals surface area contributed by atoms with E-state index in [-0.39, 0.29) is 19.0 Å². The van der Waals surface area contributed by atoms with Gasteiger partial charge in [-0.2, -0.15) is 5.10 Å². The number of rotatable bonds is 7. The van der Waals surface area contributed by atoms with Gasteiger partial charge in [-0.05, 0) is 44.5 Å². The maximum atomic E-state index is 11.6. The number of nitrogens with one attached hydrogen (secondary N) is 1. The van der Waals surface area contributed by atoms with Crippen molar-refractivity contribution >= 4 is 29.2 Å². The predicted molar refractivity (Wildman–Crippen MR) is 84.2 cm³/mol. The van der Waals surface area contributed by atoms with E-state index in [0.29, 0.717) is 23.1 Å². The third kappa shape index (κ3) is 6.58. The summed E-state index contributed by atoms with van der Waals surface area (Å²) in [6.45, 7) is 5.32. The number of hydrazone groups is 1. The van der Waals surface area contributed by atoms with Gasteiger partial charge in [-0.15, -0.1) is 0 Å². The van der Waals surface area contributed by atoms with Gasteiger partial charge in [0.05, 0.1) is 13.0 Å². The molecule has 1 amide bonds. The van der Waals surface area contributed by atoms with Crippen LogP contribution in [-0.2, 0) is 14.3 Å². The third-order valence-electron chi connectivity index (χ3n) is 2.58. The lowest BCUT2D eigenvalue weighted by molar-refractivity contribution is -0.141. The van der Waals surface area contributed by atoms with Crippen molar-refractivity contribution in [3.63, 3.8) is 0 Å². The molecule has 1 aromatic carbocycles. The Bertz CT molecular complexity index is 573.